The number of piperidine rings is 1. The van der Waals surface area contributed by atoms with Gasteiger partial charge in [-0.05, 0) is 73.5 Å². The fourth-order valence-electron chi connectivity index (χ4n) is 4.23. The van der Waals surface area contributed by atoms with E-state index < -0.39 is 0 Å². The zero-order chi connectivity index (χ0) is 17.5. The number of nitrogens with one attached hydrogen (secondary N) is 2. The highest BCUT2D eigenvalue weighted by atomic mass is 16.5. The number of hydrogen-bond donors (Lipinski definition) is 2. The average molecular weight is 347 g/mol. The van der Waals surface area contributed by atoms with Gasteiger partial charge in [-0.25, -0.2) is 4.98 Å². The first-order valence-electron chi connectivity index (χ1n) is 9.70. The molecule has 2 aliphatic rings. The monoisotopic (exact) mass is 347 g/mol. The predicted octanol–water partition coefficient (Wildman–Crippen LogP) is 4.58. The van der Waals surface area contributed by atoms with E-state index in [1.165, 1.54) is 53.5 Å². The Bertz CT molecular complexity index is 936. The van der Waals surface area contributed by atoms with E-state index in [1.807, 2.05) is 6.20 Å². The molecule has 3 heterocycles. The van der Waals surface area contributed by atoms with Crippen molar-refractivity contribution in [3.8, 4) is 16.9 Å². The zero-order valence-corrected chi connectivity index (χ0v) is 15.2. The second-order valence-electron chi connectivity index (χ2n) is 7.62. The van der Waals surface area contributed by atoms with Gasteiger partial charge in [-0.1, -0.05) is 6.07 Å². The van der Waals surface area contributed by atoms with Gasteiger partial charge >= 0.3 is 0 Å². The van der Waals surface area contributed by atoms with Gasteiger partial charge in [-0.2, -0.15) is 0 Å². The van der Waals surface area contributed by atoms with Crippen LogP contribution in [0.1, 0.15) is 48.8 Å². The summed E-state index contributed by atoms with van der Waals surface area (Å²) in [5.41, 5.74) is 6.08. The maximum absolute atomic E-state index is 5.69. The zero-order valence-electron chi connectivity index (χ0n) is 15.2. The highest BCUT2D eigenvalue weighted by Gasteiger charge is 2.25. The van der Waals surface area contributed by atoms with Gasteiger partial charge in [0.25, 0.3) is 0 Å². The average Bonchev–Trinajstić information content (AvgIpc) is 3.46. The maximum Gasteiger partial charge on any atom is 0.138 e. The maximum atomic E-state index is 5.69. The molecule has 0 spiro atoms. The van der Waals surface area contributed by atoms with E-state index in [-0.39, 0.29) is 0 Å². The molecule has 4 heteroatoms. The number of hydrogen-bond acceptors (Lipinski definition) is 3. The molecule has 0 unspecified atom stereocenters. The van der Waals surface area contributed by atoms with Crippen molar-refractivity contribution >= 4 is 11.0 Å². The number of methoxy groups -OCH3 is 1. The fraction of sp³-hybridized carbons (Fsp3) is 0.409. The van der Waals surface area contributed by atoms with Crippen molar-refractivity contribution in [1.29, 1.82) is 0 Å². The summed E-state index contributed by atoms with van der Waals surface area (Å²) < 4.78 is 5.69. The van der Waals surface area contributed by atoms with Crippen LogP contribution in [0, 0.1) is 0 Å². The number of rotatable bonds is 4. The van der Waals surface area contributed by atoms with Crippen LogP contribution < -0.4 is 10.1 Å². The minimum absolute atomic E-state index is 0.547. The molecule has 1 aromatic carbocycles. The molecule has 0 amide bonds. The highest BCUT2D eigenvalue weighted by molar-refractivity contribution is 5.95. The van der Waals surface area contributed by atoms with Crippen LogP contribution in [0.4, 0.5) is 0 Å². The van der Waals surface area contributed by atoms with Crippen LogP contribution in [0.25, 0.3) is 22.2 Å². The van der Waals surface area contributed by atoms with Crippen LogP contribution in [-0.2, 0) is 0 Å². The standard InChI is InChI=1S/C22H25N3O/c1-26-21-7-6-15(14-4-5-14)11-18(21)17-8-10-24-22-19(17)12-20(25-22)16-3-2-9-23-13-16/h6-8,10-12,14,16,23H,2-5,9,13H2,1H3,(H,24,25)/t16-/m1/s1. The lowest BCUT2D eigenvalue weighted by molar-refractivity contribution is 0.416. The molecule has 1 aliphatic heterocycles. The minimum atomic E-state index is 0.547. The third-order valence-electron chi connectivity index (χ3n) is 5.85. The van der Waals surface area contributed by atoms with Gasteiger partial charge in [-0.3, -0.25) is 0 Å². The van der Waals surface area contributed by atoms with Crippen molar-refractivity contribution in [3.05, 3.63) is 47.8 Å². The molecule has 1 aliphatic carbocycles. The summed E-state index contributed by atoms with van der Waals surface area (Å²) in [6.07, 6.45) is 6.98. The van der Waals surface area contributed by atoms with Crippen LogP contribution in [0.2, 0.25) is 0 Å². The second kappa shape index (κ2) is 6.44. The Balaban J connectivity index is 1.62. The summed E-state index contributed by atoms with van der Waals surface area (Å²) in [6, 6.07) is 11.1. The van der Waals surface area contributed by atoms with Crippen molar-refractivity contribution in [2.45, 2.75) is 37.5 Å². The van der Waals surface area contributed by atoms with E-state index in [9.17, 15) is 0 Å². The van der Waals surface area contributed by atoms with E-state index >= 15 is 0 Å². The summed E-state index contributed by atoms with van der Waals surface area (Å²) in [7, 11) is 1.75. The summed E-state index contributed by atoms with van der Waals surface area (Å²) in [4.78, 5) is 8.16. The Morgan fingerprint density at radius 2 is 1.96 bits per heavy atom. The Hall–Kier alpha value is -2.33. The topological polar surface area (TPSA) is 49.9 Å². The van der Waals surface area contributed by atoms with Gasteiger partial charge in [0.1, 0.15) is 11.4 Å². The van der Waals surface area contributed by atoms with Gasteiger partial charge in [0.2, 0.25) is 0 Å². The molecule has 1 saturated heterocycles. The first-order chi connectivity index (χ1) is 12.8. The Morgan fingerprint density at radius 3 is 2.73 bits per heavy atom. The van der Waals surface area contributed by atoms with Crippen LogP contribution in [-0.4, -0.2) is 30.2 Å². The molecule has 1 saturated carbocycles. The van der Waals surface area contributed by atoms with E-state index in [4.69, 9.17) is 4.74 Å². The summed E-state index contributed by atoms with van der Waals surface area (Å²) in [5, 5.41) is 4.70. The third kappa shape index (κ3) is 2.78. The molecule has 2 N–H and O–H groups in total. The normalized spacial score (nSPS) is 20.4. The quantitative estimate of drug-likeness (QED) is 0.726. The Kier molecular flexibility index (Phi) is 3.93. The van der Waals surface area contributed by atoms with Crippen molar-refractivity contribution in [1.82, 2.24) is 15.3 Å². The van der Waals surface area contributed by atoms with E-state index in [2.05, 4.69) is 45.6 Å². The summed E-state index contributed by atoms with van der Waals surface area (Å²) in [5.74, 6) is 2.21. The molecule has 134 valence electrons. The van der Waals surface area contributed by atoms with Gasteiger partial charge in [0.05, 0.1) is 7.11 Å². The minimum Gasteiger partial charge on any atom is -0.496 e. The van der Waals surface area contributed by atoms with Crippen LogP contribution in [0.5, 0.6) is 5.75 Å². The molecule has 4 nitrogen and oxygen atoms in total. The number of ether oxygens (including phenoxy) is 1. The lowest BCUT2D eigenvalue weighted by Gasteiger charge is -2.21. The smallest absolute Gasteiger partial charge is 0.138 e. The van der Waals surface area contributed by atoms with Crippen molar-refractivity contribution < 1.29 is 4.74 Å². The number of aromatic nitrogens is 2. The predicted molar refractivity (Wildman–Crippen MR) is 105 cm³/mol. The van der Waals surface area contributed by atoms with Crippen LogP contribution in [0.15, 0.2) is 36.5 Å². The first-order valence-corrected chi connectivity index (χ1v) is 9.70. The number of benzene rings is 1. The highest BCUT2D eigenvalue weighted by Crippen LogP contribution is 2.44. The molecule has 3 aromatic rings. The van der Waals surface area contributed by atoms with Gasteiger partial charge in [0, 0.05) is 35.3 Å². The van der Waals surface area contributed by atoms with E-state index in [0.717, 1.165) is 30.4 Å². The molecule has 26 heavy (non-hydrogen) atoms. The van der Waals surface area contributed by atoms with Crippen molar-refractivity contribution in [2.75, 3.05) is 20.2 Å². The van der Waals surface area contributed by atoms with Gasteiger partial charge in [-0.15, -0.1) is 0 Å². The third-order valence-corrected chi connectivity index (χ3v) is 5.85. The number of pyridine rings is 1. The molecular formula is C22H25N3O. The first kappa shape index (κ1) is 15.9. The Labute approximate surface area is 154 Å². The van der Waals surface area contributed by atoms with Gasteiger partial charge in [0.15, 0.2) is 0 Å². The largest absolute Gasteiger partial charge is 0.496 e. The molecule has 1 atom stereocenters. The summed E-state index contributed by atoms with van der Waals surface area (Å²) >= 11 is 0. The second-order valence-corrected chi connectivity index (χ2v) is 7.62. The lowest BCUT2D eigenvalue weighted by Crippen LogP contribution is -2.28. The SMILES string of the molecule is COc1ccc(C2CC2)cc1-c1ccnc2[nH]c([C@@H]3CCCNC3)cc12. The molecule has 0 radical (unpaired) electrons. The van der Waals surface area contributed by atoms with E-state index in [1.54, 1.807) is 7.11 Å². The fourth-order valence-corrected chi connectivity index (χ4v) is 4.23. The van der Waals surface area contributed by atoms with E-state index in [0.29, 0.717) is 5.92 Å². The van der Waals surface area contributed by atoms with Crippen molar-refractivity contribution in [3.63, 3.8) is 0 Å². The number of nitrogens with zero attached hydrogens (tertiary/aromatic N) is 1. The molecule has 2 fully saturated rings. The number of H-pyrrole nitrogens is 1. The Morgan fingerprint density at radius 1 is 1.04 bits per heavy atom. The molecule has 2 aromatic heterocycles. The van der Waals surface area contributed by atoms with Gasteiger partial charge < -0.3 is 15.0 Å². The number of aromatic amines is 1. The van der Waals surface area contributed by atoms with Crippen LogP contribution in [0.3, 0.4) is 0 Å². The van der Waals surface area contributed by atoms with Crippen LogP contribution >= 0.6 is 0 Å². The molecule has 0 bridgehead atoms. The molecule has 5 rings (SSSR count). The number of fused-ring (bicyclic) bond motifs is 1. The van der Waals surface area contributed by atoms with Crippen molar-refractivity contribution in [2.24, 2.45) is 0 Å². The molecular weight excluding hydrogens is 322 g/mol. The lowest BCUT2D eigenvalue weighted by atomic mass is 9.95. The summed E-state index contributed by atoms with van der Waals surface area (Å²) in [6.45, 7) is 2.17.